The first kappa shape index (κ1) is 15.2. The summed E-state index contributed by atoms with van der Waals surface area (Å²) in [6.07, 6.45) is 0. The maximum absolute atomic E-state index is 11.9. The zero-order valence-electron chi connectivity index (χ0n) is 10.4. The second-order valence-corrected chi connectivity index (χ2v) is 6.29. The molecule has 6 heteroatoms. The minimum absolute atomic E-state index is 0.113. The lowest BCUT2D eigenvalue weighted by atomic mass is 10.3. The molecule has 0 aliphatic carbocycles. The molecule has 0 aromatic heterocycles. The van der Waals surface area contributed by atoms with Gasteiger partial charge in [0.15, 0.2) is 0 Å². The summed E-state index contributed by atoms with van der Waals surface area (Å²) in [5.41, 5.74) is 6.74. The second-order valence-electron chi connectivity index (χ2n) is 4.01. The second kappa shape index (κ2) is 7.02. The van der Waals surface area contributed by atoms with Crippen LogP contribution in [0.5, 0.6) is 0 Å². The molecule has 3 nitrogen and oxygen atoms in total. The van der Waals surface area contributed by atoms with Crippen LogP contribution in [0.2, 0.25) is 5.02 Å². The van der Waals surface area contributed by atoms with Gasteiger partial charge in [0.1, 0.15) is 0 Å². The number of carbonyl (C=O) groups excluding carboxylic acids is 1. The fourth-order valence-electron chi connectivity index (χ4n) is 1.52. The molecular formula is C14H12BrClN2OS. The van der Waals surface area contributed by atoms with Gasteiger partial charge in [0.05, 0.1) is 16.5 Å². The number of amides is 1. The van der Waals surface area contributed by atoms with E-state index in [9.17, 15) is 4.79 Å². The molecule has 0 radical (unpaired) electrons. The summed E-state index contributed by atoms with van der Waals surface area (Å²) in [6.45, 7) is 0. The lowest BCUT2D eigenvalue weighted by Crippen LogP contribution is -2.14. The van der Waals surface area contributed by atoms with Crippen LogP contribution in [0.25, 0.3) is 0 Å². The summed E-state index contributed by atoms with van der Waals surface area (Å²) in [5.74, 6) is 0.195. The number of benzene rings is 2. The molecule has 0 saturated carbocycles. The average molecular weight is 372 g/mol. The number of nitrogen functional groups attached to an aromatic ring is 1. The van der Waals surface area contributed by atoms with E-state index in [0.29, 0.717) is 22.2 Å². The first-order chi connectivity index (χ1) is 9.56. The van der Waals surface area contributed by atoms with Crippen LogP contribution in [-0.2, 0) is 4.79 Å². The van der Waals surface area contributed by atoms with Crippen molar-refractivity contribution >= 4 is 56.6 Å². The smallest absolute Gasteiger partial charge is 0.234 e. The first-order valence-electron chi connectivity index (χ1n) is 5.78. The van der Waals surface area contributed by atoms with E-state index in [1.807, 2.05) is 24.3 Å². The van der Waals surface area contributed by atoms with E-state index in [4.69, 9.17) is 17.3 Å². The van der Waals surface area contributed by atoms with E-state index >= 15 is 0 Å². The number of rotatable bonds is 4. The highest BCUT2D eigenvalue weighted by Gasteiger charge is 2.08. The van der Waals surface area contributed by atoms with Crippen LogP contribution in [0.4, 0.5) is 11.4 Å². The first-order valence-corrected chi connectivity index (χ1v) is 7.94. The van der Waals surface area contributed by atoms with Gasteiger partial charge in [-0.05, 0) is 46.3 Å². The van der Waals surface area contributed by atoms with Gasteiger partial charge in [-0.2, -0.15) is 0 Å². The lowest BCUT2D eigenvalue weighted by Gasteiger charge is -2.08. The Kier molecular flexibility index (Phi) is 5.34. The number of halogens is 2. The molecule has 104 valence electrons. The Morgan fingerprint density at radius 1 is 1.30 bits per heavy atom. The Bertz CT molecular complexity index is 636. The molecule has 0 atom stereocenters. The summed E-state index contributed by atoms with van der Waals surface area (Å²) in [4.78, 5) is 12.9. The van der Waals surface area contributed by atoms with Gasteiger partial charge < -0.3 is 11.1 Å². The van der Waals surface area contributed by atoms with Crippen LogP contribution in [0.1, 0.15) is 0 Å². The maximum Gasteiger partial charge on any atom is 0.234 e. The normalized spacial score (nSPS) is 10.3. The predicted octanol–water partition coefficient (Wildman–Crippen LogP) is 4.42. The minimum atomic E-state index is -0.113. The largest absolute Gasteiger partial charge is 0.399 e. The summed E-state index contributed by atoms with van der Waals surface area (Å²) >= 11 is 10.9. The topological polar surface area (TPSA) is 55.1 Å². The predicted molar refractivity (Wildman–Crippen MR) is 89.4 cm³/mol. The Balaban J connectivity index is 1.94. The maximum atomic E-state index is 11.9. The van der Waals surface area contributed by atoms with Crippen LogP contribution in [0.15, 0.2) is 51.8 Å². The molecule has 2 aromatic rings. The van der Waals surface area contributed by atoms with E-state index < -0.39 is 0 Å². The molecule has 0 spiro atoms. The number of carbonyl (C=O) groups is 1. The van der Waals surface area contributed by atoms with Crippen LogP contribution in [-0.4, -0.2) is 11.7 Å². The molecule has 1 amide bonds. The zero-order chi connectivity index (χ0) is 14.5. The standard InChI is InChI=1S/C14H12BrClN2OS/c15-10-3-1-2-4-13(10)20-8-14(19)18-12-6-5-9(17)7-11(12)16/h1-7H,8,17H2,(H,18,19). The summed E-state index contributed by atoms with van der Waals surface area (Å²) in [5, 5.41) is 3.20. The Labute approximate surface area is 135 Å². The molecule has 0 aliphatic rings. The number of hydrogen-bond acceptors (Lipinski definition) is 3. The van der Waals surface area contributed by atoms with Crippen molar-refractivity contribution < 1.29 is 4.79 Å². The van der Waals surface area contributed by atoms with Crippen LogP contribution >= 0.6 is 39.3 Å². The summed E-state index contributed by atoms with van der Waals surface area (Å²) in [7, 11) is 0. The van der Waals surface area contributed by atoms with Gasteiger partial charge in [0.25, 0.3) is 0 Å². The van der Waals surface area contributed by atoms with E-state index in [1.165, 1.54) is 11.8 Å². The molecule has 2 aromatic carbocycles. The third-order valence-electron chi connectivity index (χ3n) is 2.46. The van der Waals surface area contributed by atoms with Gasteiger partial charge in [0, 0.05) is 15.1 Å². The van der Waals surface area contributed by atoms with Gasteiger partial charge in [-0.3, -0.25) is 4.79 Å². The average Bonchev–Trinajstić information content (AvgIpc) is 2.41. The van der Waals surface area contributed by atoms with Gasteiger partial charge in [-0.25, -0.2) is 0 Å². The van der Waals surface area contributed by atoms with E-state index in [0.717, 1.165) is 9.37 Å². The summed E-state index contributed by atoms with van der Waals surface area (Å²) in [6, 6.07) is 12.8. The molecule has 0 heterocycles. The quantitative estimate of drug-likeness (QED) is 0.618. The fourth-order valence-corrected chi connectivity index (χ4v) is 3.13. The van der Waals surface area contributed by atoms with Gasteiger partial charge >= 0.3 is 0 Å². The summed E-state index contributed by atoms with van der Waals surface area (Å²) < 4.78 is 0.975. The highest BCUT2D eigenvalue weighted by Crippen LogP contribution is 2.28. The fraction of sp³-hybridized carbons (Fsp3) is 0.0714. The Morgan fingerprint density at radius 2 is 2.05 bits per heavy atom. The van der Waals surface area contributed by atoms with Crippen molar-refractivity contribution in [1.82, 2.24) is 0 Å². The van der Waals surface area contributed by atoms with Crippen molar-refractivity contribution in [3.8, 4) is 0 Å². The molecule has 3 N–H and O–H groups in total. The molecular weight excluding hydrogens is 360 g/mol. The van der Waals surface area contributed by atoms with Crippen LogP contribution < -0.4 is 11.1 Å². The Hall–Kier alpha value is -1.17. The monoisotopic (exact) mass is 370 g/mol. The Morgan fingerprint density at radius 3 is 2.75 bits per heavy atom. The van der Waals surface area contributed by atoms with Crippen LogP contribution in [0, 0.1) is 0 Å². The number of nitrogens with two attached hydrogens (primary N) is 1. The van der Waals surface area contributed by atoms with Crippen molar-refractivity contribution in [2.24, 2.45) is 0 Å². The van der Waals surface area contributed by atoms with E-state index in [-0.39, 0.29) is 5.91 Å². The van der Waals surface area contributed by atoms with Crippen molar-refractivity contribution in [2.45, 2.75) is 4.90 Å². The number of thioether (sulfide) groups is 1. The van der Waals surface area contributed by atoms with Crippen molar-refractivity contribution in [1.29, 1.82) is 0 Å². The third-order valence-corrected chi connectivity index (χ3v) is 4.80. The van der Waals surface area contributed by atoms with E-state index in [2.05, 4.69) is 21.2 Å². The van der Waals surface area contributed by atoms with Gasteiger partial charge in [0.2, 0.25) is 5.91 Å². The zero-order valence-corrected chi connectivity index (χ0v) is 13.6. The molecule has 2 rings (SSSR count). The van der Waals surface area contributed by atoms with Crippen LogP contribution in [0.3, 0.4) is 0 Å². The van der Waals surface area contributed by atoms with Crippen molar-refractivity contribution in [2.75, 3.05) is 16.8 Å². The lowest BCUT2D eigenvalue weighted by molar-refractivity contribution is -0.113. The molecule has 0 fully saturated rings. The van der Waals surface area contributed by atoms with Gasteiger partial charge in [-0.15, -0.1) is 11.8 Å². The number of anilines is 2. The highest BCUT2D eigenvalue weighted by atomic mass is 79.9. The van der Waals surface area contributed by atoms with Crippen molar-refractivity contribution in [3.05, 3.63) is 52.0 Å². The van der Waals surface area contributed by atoms with E-state index in [1.54, 1.807) is 18.2 Å². The number of nitrogens with one attached hydrogen (secondary N) is 1. The molecule has 0 saturated heterocycles. The molecule has 0 aliphatic heterocycles. The highest BCUT2D eigenvalue weighted by molar-refractivity contribution is 9.10. The molecule has 0 unspecified atom stereocenters. The molecule has 20 heavy (non-hydrogen) atoms. The van der Waals surface area contributed by atoms with Gasteiger partial charge in [-0.1, -0.05) is 23.7 Å². The van der Waals surface area contributed by atoms with Crippen molar-refractivity contribution in [3.63, 3.8) is 0 Å². The molecule has 0 bridgehead atoms. The third kappa shape index (κ3) is 4.16. The SMILES string of the molecule is Nc1ccc(NC(=O)CSc2ccccc2Br)c(Cl)c1. The minimum Gasteiger partial charge on any atom is -0.399 e. The number of hydrogen-bond donors (Lipinski definition) is 2.